The molecule has 0 unspecified atom stereocenters. The summed E-state index contributed by atoms with van der Waals surface area (Å²) in [4.78, 5) is 11.6. The molecule has 3 aliphatic heterocycles. The second-order valence-electron chi connectivity index (χ2n) is 3.29. The molecule has 6 nitrogen and oxygen atoms in total. The Morgan fingerprint density at radius 3 is 1.88 bits per heavy atom. The average Bonchev–Trinajstić information content (AvgIpc) is 2.15. The molecule has 0 aromatic heterocycles. The molecular weight excluding hydrogens is 230 g/mol. The molecule has 0 saturated carbocycles. The van der Waals surface area contributed by atoms with Gasteiger partial charge in [0.1, 0.15) is 0 Å². The number of fused-ring (bicyclic) bond motifs is 6. The maximum absolute atomic E-state index is 9.25. The lowest BCUT2D eigenvalue weighted by Crippen LogP contribution is -2.45. The van der Waals surface area contributed by atoms with Gasteiger partial charge in [0.15, 0.2) is 0 Å². The van der Waals surface area contributed by atoms with Crippen LogP contribution in [0.1, 0.15) is 0 Å². The van der Waals surface area contributed by atoms with Gasteiger partial charge in [0, 0.05) is 25.7 Å². The first-order valence-corrected chi connectivity index (χ1v) is 6.56. The van der Waals surface area contributed by atoms with Crippen LogP contribution in [-0.2, 0) is 18.1 Å². The highest BCUT2D eigenvalue weighted by Crippen LogP contribution is 2.03. The predicted octanol–water partition coefficient (Wildman–Crippen LogP) is -0.660. The minimum Gasteiger partial charge on any atom is -0.478 e. The number of nitrogens with zero attached hydrogens (tertiary/aromatic N) is 1. The molecule has 3 aliphatic rings. The highest BCUT2D eigenvalue weighted by Gasteiger charge is 2.22. The number of hydrogen-bond donors (Lipinski definition) is 1. The predicted molar refractivity (Wildman–Crippen MR) is 59.3 cm³/mol. The summed E-state index contributed by atoms with van der Waals surface area (Å²) in [5.41, 5.74) is 0. The molecule has 2 bridgehead atoms. The Bertz CT molecular complexity index is 202. The fourth-order valence-corrected chi connectivity index (χ4v) is 2.50. The smallest absolute Gasteiger partial charge is 0.478 e. The van der Waals surface area contributed by atoms with Crippen molar-refractivity contribution in [2.24, 2.45) is 0 Å². The maximum atomic E-state index is 9.25. The number of aliphatic carboxylic acids is 1. The third kappa shape index (κ3) is 5.38. The Labute approximate surface area is 96.4 Å². The molecule has 3 rings (SSSR count). The van der Waals surface area contributed by atoms with Gasteiger partial charge < -0.3 is 18.4 Å². The van der Waals surface area contributed by atoms with Gasteiger partial charge in [-0.15, -0.1) is 0 Å². The molecule has 0 aromatic rings. The molecule has 0 atom stereocenters. The van der Waals surface area contributed by atoms with E-state index in [0.717, 1.165) is 45.5 Å². The van der Waals surface area contributed by atoms with Crippen molar-refractivity contribution in [3.05, 3.63) is 12.7 Å². The minimum absolute atomic E-state index is 0.775. The minimum atomic E-state index is -1.69. The van der Waals surface area contributed by atoms with Crippen LogP contribution in [0.2, 0.25) is 0 Å². The maximum Gasteiger partial charge on any atom is 0.484 e. The quantitative estimate of drug-likeness (QED) is 0.490. The van der Waals surface area contributed by atoms with E-state index in [-0.39, 0.29) is 0 Å². The number of rotatable bonds is 1. The lowest BCUT2D eigenvalue weighted by atomic mass is 10.4. The topological polar surface area (TPSA) is 68.2 Å². The molecule has 3 saturated heterocycles. The lowest BCUT2D eigenvalue weighted by molar-refractivity contribution is -0.131. The van der Waals surface area contributed by atoms with Crippen molar-refractivity contribution < 1.29 is 23.2 Å². The van der Waals surface area contributed by atoms with E-state index in [0.29, 0.717) is 0 Å². The van der Waals surface area contributed by atoms with Crippen LogP contribution in [0, 0.1) is 0 Å². The first kappa shape index (κ1) is 13.3. The van der Waals surface area contributed by atoms with Crippen LogP contribution in [-0.4, -0.2) is 65.0 Å². The fraction of sp³-hybridized carbons (Fsp3) is 0.667. The van der Waals surface area contributed by atoms with Crippen LogP contribution in [0.15, 0.2) is 12.7 Å². The first-order chi connectivity index (χ1) is 7.72. The van der Waals surface area contributed by atoms with Gasteiger partial charge in [-0.2, -0.15) is 0 Å². The van der Waals surface area contributed by atoms with Crippen LogP contribution >= 0.6 is 0 Å². The van der Waals surface area contributed by atoms with Crippen molar-refractivity contribution in [3.8, 4) is 0 Å². The van der Waals surface area contributed by atoms with Crippen LogP contribution in [0.25, 0.3) is 0 Å². The second kappa shape index (κ2) is 7.53. The van der Waals surface area contributed by atoms with E-state index in [9.17, 15) is 4.79 Å². The zero-order valence-corrected chi connectivity index (χ0v) is 10.3. The Hall–Kier alpha value is -0.733. The van der Waals surface area contributed by atoms with E-state index in [1.165, 1.54) is 0 Å². The zero-order chi connectivity index (χ0) is 11.8. The average molecular weight is 247 g/mol. The summed E-state index contributed by atoms with van der Waals surface area (Å²) < 4.78 is 16.2. The third-order valence-electron chi connectivity index (χ3n) is 2.16. The van der Waals surface area contributed by atoms with Crippen LogP contribution in [0.4, 0.5) is 0 Å². The van der Waals surface area contributed by atoms with E-state index in [4.69, 9.17) is 18.4 Å². The van der Waals surface area contributed by atoms with E-state index >= 15 is 0 Å². The largest absolute Gasteiger partial charge is 0.484 e. The molecule has 0 aromatic carbocycles. The molecule has 0 aliphatic carbocycles. The van der Waals surface area contributed by atoms with Crippen LogP contribution in [0.5, 0.6) is 0 Å². The van der Waals surface area contributed by atoms with E-state index in [1.54, 1.807) is 0 Å². The summed E-state index contributed by atoms with van der Waals surface area (Å²) in [6.45, 7) is 8.40. The van der Waals surface area contributed by atoms with Crippen molar-refractivity contribution >= 4 is 15.5 Å². The fourth-order valence-electron chi connectivity index (χ4n) is 1.31. The highest BCUT2D eigenvalue weighted by atomic mass is 28.3. The van der Waals surface area contributed by atoms with E-state index in [2.05, 4.69) is 11.5 Å². The van der Waals surface area contributed by atoms with Gasteiger partial charge in [-0.25, -0.2) is 4.79 Å². The molecule has 16 heavy (non-hydrogen) atoms. The van der Waals surface area contributed by atoms with Crippen molar-refractivity contribution in [1.82, 2.24) is 4.90 Å². The summed E-state index contributed by atoms with van der Waals surface area (Å²) in [5.74, 6) is -0.981. The Kier molecular flexibility index (Phi) is 6.27. The highest BCUT2D eigenvalue weighted by molar-refractivity contribution is 6.36. The Morgan fingerprint density at radius 1 is 1.19 bits per heavy atom. The molecule has 0 spiro atoms. The molecule has 0 amide bonds. The van der Waals surface area contributed by atoms with Gasteiger partial charge >= 0.3 is 15.5 Å². The normalized spacial score (nSPS) is 29.0. The molecule has 92 valence electrons. The number of hydrogen-bond acceptors (Lipinski definition) is 5. The Morgan fingerprint density at radius 2 is 1.56 bits per heavy atom. The monoisotopic (exact) mass is 247 g/mol. The molecule has 1 N–H and O–H groups in total. The van der Waals surface area contributed by atoms with Gasteiger partial charge in [0.25, 0.3) is 0 Å². The lowest BCUT2D eigenvalue weighted by Gasteiger charge is -2.31. The number of carbonyl (C=O) groups is 1. The van der Waals surface area contributed by atoms with Gasteiger partial charge in [-0.05, 0) is 0 Å². The van der Waals surface area contributed by atoms with Crippen molar-refractivity contribution in [2.75, 3.05) is 39.5 Å². The SMILES string of the molecule is C1CN2CCO[SiH](O1)OCC2.C=CC(=O)O. The standard InChI is InChI=1S/C6H13NO3Si.C3H4O2/c1-4-8-11-9-5-2-7(1)3-6-10-11;1-2-3(4)5/h11H,1-6H2;2H,1H2,(H,4,5). The summed E-state index contributed by atoms with van der Waals surface area (Å²) in [6, 6.07) is 0. The van der Waals surface area contributed by atoms with Gasteiger partial charge in [-0.3, -0.25) is 4.90 Å². The number of carboxylic acids is 1. The van der Waals surface area contributed by atoms with Crippen LogP contribution in [0.3, 0.4) is 0 Å². The summed E-state index contributed by atoms with van der Waals surface area (Å²) in [7, 11) is -1.69. The molecule has 3 fully saturated rings. The van der Waals surface area contributed by atoms with Gasteiger partial charge in [0.05, 0.1) is 19.8 Å². The zero-order valence-electron chi connectivity index (χ0n) is 9.13. The molecule has 7 heteroatoms. The second-order valence-corrected chi connectivity index (χ2v) is 4.86. The van der Waals surface area contributed by atoms with Crippen molar-refractivity contribution in [3.63, 3.8) is 0 Å². The van der Waals surface area contributed by atoms with Crippen LogP contribution < -0.4 is 0 Å². The van der Waals surface area contributed by atoms with Gasteiger partial charge in [-0.1, -0.05) is 6.58 Å². The van der Waals surface area contributed by atoms with Crippen molar-refractivity contribution in [2.45, 2.75) is 0 Å². The summed E-state index contributed by atoms with van der Waals surface area (Å²) in [5, 5.41) is 7.60. The van der Waals surface area contributed by atoms with E-state index in [1.807, 2.05) is 0 Å². The molecular formula is C9H17NO5Si. The van der Waals surface area contributed by atoms with E-state index < -0.39 is 15.5 Å². The number of carboxylic acid groups (broad SMARTS) is 1. The van der Waals surface area contributed by atoms with Crippen molar-refractivity contribution in [1.29, 1.82) is 0 Å². The van der Waals surface area contributed by atoms with Gasteiger partial charge in [0.2, 0.25) is 0 Å². The molecule has 3 heterocycles. The third-order valence-corrected chi connectivity index (χ3v) is 3.68. The summed E-state index contributed by atoms with van der Waals surface area (Å²) >= 11 is 0. The summed E-state index contributed by atoms with van der Waals surface area (Å²) in [6.07, 6.45) is 0.833. The molecule has 0 radical (unpaired) electrons. The Balaban J connectivity index is 0.000000221. The first-order valence-electron chi connectivity index (χ1n) is 5.15.